The average Bonchev–Trinajstić information content (AvgIpc) is 2.69. The summed E-state index contributed by atoms with van der Waals surface area (Å²) in [5.74, 6) is -0.118. The fourth-order valence-electron chi connectivity index (χ4n) is 2.00. The second kappa shape index (κ2) is 5.02. The van der Waals surface area contributed by atoms with Gasteiger partial charge in [0.15, 0.2) is 0 Å². The number of hydrogen-bond donors (Lipinski definition) is 1. The molecule has 0 unspecified atom stereocenters. The van der Waals surface area contributed by atoms with Gasteiger partial charge in [0.1, 0.15) is 5.82 Å². The van der Waals surface area contributed by atoms with Gasteiger partial charge in [-0.15, -0.1) is 0 Å². The summed E-state index contributed by atoms with van der Waals surface area (Å²) in [7, 11) is 0. The summed E-state index contributed by atoms with van der Waals surface area (Å²) in [6, 6.07) is 8.33. The molecule has 0 atom stereocenters. The quantitative estimate of drug-likeness (QED) is 0.608. The lowest BCUT2D eigenvalue weighted by Gasteiger charge is -2.09. The van der Waals surface area contributed by atoms with Crippen LogP contribution in [0.3, 0.4) is 0 Å². The molecule has 0 aliphatic carbocycles. The summed E-state index contributed by atoms with van der Waals surface area (Å²) < 4.78 is 16.5. The monoisotopic (exact) mass is 417 g/mol. The third-order valence-electron chi connectivity index (χ3n) is 2.87. The van der Waals surface area contributed by atoms with Crippen LogP contribution in [-0.4, -0.2) is 9.55 Å². The number of anilines is 1. The minimum Gasteiger partial charge on any atom is -0.369 e. The molecule has 0 bridgehead atoms. The number of rotatable bonds is 1. The number of fused-ring (bicyclic) bond motifs is 1. The highest BCUT2D eigenvalue weighted by atomic mass is 79.9. The van der Waals surface area contributed by atoms with E-state index in [-0.39, 0.29) is 11.8 Å². The molecule has 1 aromatic heterocycles. The Labute approximate surface area is 135 Å². The van der Waals surface area contributed by atoms with Gasteiger partial charge in [-0.25, -0.2) is 9.37 Å². The SMILES string of the molecule is Nc1nc2cc(F)c(Br)cc2n1-c1cc(Cl)ccc1Br. The highest BCUT2D eigenvalue weighted by Crippen LogP contribution is 2.32. The van der Waals surface area contributed by atoms with Gasteiger partial charge in [0.2, 0.25) is 5.95 Å². The summed E-state index contributed by atoms with van der Waals surface area (Å²) in [5, 5.41) is 0.575. The summed E-state index contributed by atoms with van der Waals surface area (Å²) in [6.45, 7) is 0. The Morgan fingerprint density at radius 1 is 1.15 bits per heavy atom. The van der Waals surface area contributed by atoms with Crippen LogP contribution in [0.2, 0.25) is 5.02 Å². The fourth-order valence-corrected chi connectivity index (χ4v) is 2.92. The van der Waals surface area contributed by atoms with Crippen LogP contribution in [0.1, 0.15) is 0 Å². The standard InChI is InChI=1S/C13H7Br2ClFN3/c14-7-2-1-6(16)3-11(7)20-12-4-8(15)9(17)5-10(12)19-13(20)18/h1-5H,(H2,18,19). The second-order valence-electron chi connectivity index (χ2n) is 4.16. The molecule has 2 aromatic carbocycles. The van der Waals surface area contributed by atoms with Crippen molar-refractivity contribution in [2.24, 2.45) is 0 Å². The van der Waals surface area contributed by atoms with Crippen LogP contribution >= 0.6 is 43.5 Å². The Hall–Kier alpha value is -1.11. The van der Waals surface area contributed by atoms with Gasteiger partial charge in [0, 0.05) is 15.6 Å². The Morgan fingerprint density at radius 2 is 1.90 bits per heavy atom. The molecule has 0 amide bonds. The molecule has 7 heteroatoms. The van der Waals surface area contributed by atoms with Crippen molar-refractivity contribution in [3.05, 3.63) is 50.1 Å². The predicted octanol–water partition coefficient (Wildman–Crippen LogP) is 4.93. The van der Waals surface area contributed by atoms with Gasteiger partial charge >= 0.3 is 0 Å². The number of nitrogen functional groups attached to an aromatic ring is 1. The van der Waals surface area contributed by atoms with Crippen LogP contribution in [0, 0.1) is 5.82 Å². The van der Waals surface area contributed by atoms with Crippen molar-refractivity contribution in [3.63, 3.8) is 0 Å². The Kier molecular flexibility index (Phi) is 3.48. The van der Waals surface area contributed by atoms with Gasteiger partial charge in [0.25, 0.3) is 0 Å². The van der Waals surface area contributed by atoms with Gasteiger partial charge in [0.05, 0.1) is 21.2 Å². The minimum absolute atomic E-state index is 0.264. The summed E-state index contributed by atoms with van der Waals surface area (Å²) >= 11 is 12.7. The zero-order chi connectivity index (χ0) is 14.4. The molecule has 0 fully saturated rings. The normalized spacial score (nSPS) is 11.2. The summed E-state index contributed by atoms with van der Waals surface area (Å²) in [4.78, 5) is 4.18. The van der Waals surface area contributed by atoms with E-state index in [1.807, 2.05) is 6.07 Å². The first kappa shape index (κ1) is 13.9. The maximum Gasteiger partial charge on any atom is 0.205 e. The lowest BCUT2D eigenvalue weighted by Crippen LogP contribution is -2.01. The molecule has 3 nitrogen and oxygen atoms in total. The first-order chi connectivity index (χ1) is 9.47. The molecule has 0 saturated heterocycles. The van der Waals surface area contributed by atoms with E-state index in [1.165, 1.54) is 6.07 Å². The van der Waals surface area contributed by atoms with Crippen molar-refractivity contribution in [3.8, 4) is 5.69 Å². The minimum atomic E-state index is -0.382. The van der Waals surface area contributed by atoms with E-state index in [0.717, 1.165) is 10.2 Å². The van der Waals surface area contributed by atoms with Crippen molar-refractivity contribution >= 4 is 60.4 Å². The predicted molar refractivity (Wildman–Crippen MR) is 85.9 cm³/mol. The van der Waals surface area contributed by atoms with Crippen LogP contribution < -0.4 is 5.73 Å². The molecule has 0 saturated carbocycles. The third kappa shape index (κ3) is 2.21. The topological polar surface area (TPSA) is 43.8 Å². The van der Waals surface area contributed by atoms with E-state index >= 15 is 0 Å². The maximum absolute atomic E-state index is 13.6. The lowest BCUT2D eigenvalue weighted by molar-refractivity contribution is 0.623. The van der Waals surface area contributed by atoms with E-state index in [9.17, 15) is 4.39 Å². The number of nitrogens with two attached hydrogens (primary N) is 1. The molecule has 0 aliphatic heterocycles. The molecule has 102 valence electrons. The van der Waals surface area contributed by atoms with Gasteiger partial charge in [-0.05, 0) is 56.1 Å². The maximum atomic E-state index is 13.6. The van der Waals surface area contributed by atoms with Gasteiger partial charge in [-0.1, -0.05) is 11.6 Å². The largest absolute Gasteiger partial charge is 0.369 e. The molecular weight excluding hydrogens is 412 g/mol. The van der Waals surface area contributed by atoms with Crippen LogP contribution in [-0.2, 0) is 0 Å². The van der Waals surface area contributed by atoms with E-state index in [4.69, 9.17) is 17.3 Å². The number of hydrogen-bond acceptors (Lipinski definition) is 2. The molecule has 3 aromatic rings. The number of halogens is 4. The molecule has 2 N–H and O–H groups in total. The van der Waals surface area contributed by atoms with Crippen LogP contribution in [0.4, 0.5) is 10.3 Å². The van der Waals surface area contributed by atoms with Crippen LogP contribution in [0.5, 0.6) is 0 Å². The molecule has 0 radical (unpaired) electrons. The number of imidazole rings is 1. The average molecular weight is 419 g/mol. The van der Waals surface area contributed by atoms with Crippen molar-refractivity contribution in [2.75, 3.05) is 5.73 Å². The van der Waals surface area contributed by atoms with E-state index in [0.29, 0.717) is 20.5 Å². The first-order valence-corrected chi connectivity index (χ1v) is 7.52. The second-order valence-corrected chi connectivity index (χ2v) is 6.30. The van der Waals surface area contributed by atoms with Gasteiger partial charge in [-0.2, -0.15) is 0 Å². The van der Waals surface area contributed by atoms with Gasteiger partial charge in [-0.3, -0.25) is 4.57 Å². The lowest BCUT2D eigenvalue weighted by atomic mass is 10.2. The van der Waals surface area contributed by atoms with Crippen molar-refractivity contribution in [1.29, 1.82) is 0 Å². The Balaban J connectivity index is 2.38. The fraction of sp³-hybridized carbons (Fsp3) is 0. The Bertz CT molecular complexity index is 832. The number of nitrogens with zero attached hydrogens (tertiary/aromatic N) is 2. The summed E-state index contributed by atoms with van der Waals surface area (Å²) in [5.41, 5.74) is 7.88. The zero-order valence-corrected chi connectivity index (χ0v) is 13.8. The van der Waals surface area contributed by atoms with E-state index in [2.05, 4.69) is 36.8 Å². The van der Waals surface area contributed by atoms with Crippen LogP contribution in [0.25, 0.3) is 16.7 Å². The molecule has 0 spiro atoms. The third-order valence-corrected chi connectivity index (χ3v) is 4.38. The first-order valence-electron chi connectivity index (χ1n) is 5.56. The van der Waals surface area contributed by atoms with Crippen molar-refractivity contribution in [2.45, 2.75) is 0 Å². The molecule has 3 rings (SSSR count). The molecular formula is C13H7Br2ClFN3. The van der Waals surface area contributed by atoms with E-state index in [1.54, 1.807) is 22.8 Å². The zero-order valence-electron chi connectivity index (χ0n) is 9.87. The van der Waals surface area contributed by atoms with Gasteiger partial charge < -0.3 is 5.73 Å². The van der Waals surface area contributed by atoms with Crippen molar-refractivity contribution < 1.29 is 4.39 Å². The molecule has 1 heterocycles. The summed E-state index contributed by atoms with van der Waals surface area (Å²) in [6.07, 6.45) is 0. The van der Waals surface area contributed by atoms with Crippen molar-refractivity contribution in [1.82, 2.24) is 9.55 Å². The highest BCUT2D eigenvalue weighted by molar-refractivity contribution is 9.10. The number of benzene rings is 2. The van der Waals surface area contributed by atoms with Crippen LogP contribution in [0.15, 0.2) is 39.3 Å². The Morgan fingerprint density at radius 3 is 2.65 bits per heavy atom. The van der Waals surface area contributed by atoms with E-state index < -0.39 is 0 Å². The molecule has 0 aliphatic rings. The smallest absolute Gasteiger partial charge is 0.205 e. The highest BCUT2D eigenvalue weighted by Gasteiger charge is 2.15. The molecule has 20 heavy (non-hydrogen) atoms. The number of aromatic nitrogens is 2.